The molecule has 0 unspecified atom stereocenters. The third kappa shape index (κ3) is 3.48. The van der Waals surface area contributed by atoms with Gasteiger partial charge in [-0.05, 0) is 29.8 Å². The lowest BCUT2D eigenvalue weighted by Crippen LogP contribution is -2.14. The summed E-state index contributed by atoms with van der Waals surface area (Å²) < 4.78 is 38.7. The van der Waals surface area contributed by atoms with Crippen LogP contribution < -0.4 is 4.72 Å². The topological polar surface area (TPSA) is 89.8 Å². The van der Waals surface area contributed by atoms with E-state index < -0.39 is 10.0 Å². The minimum atomic E-state index is -3.80. The summed E-state index contributed by atoms with van der Waals surface area (Å²) in [7, 11) is -3.80. The van der Waals surface area contributed by atoms with Crippen LogP contribution in [0.4, 0.5) is 5.82 Å². The van der Waals surface area contributed by atoms with Gasteiger partial charge < -0.3 is 0 Å². The molecule has 4 rings (SSSR count). The highest BCUT2D eigenvalue weighted by atomic mass is 79.9. The molecule has 0 bridgehead atoms. The first-order chi connectivity index (χ1) is 12.5. The van der Waals surface area contributed by atoms with E-state index in [2.05, 4.69) is 34.5 Å². The molecule has 10 heteroatoms. The summed E-state index contributed by atoms with van der Waals surface area (Å²) in [5.74, 6) is 0.252. The fourth-order valence-corrected chi connectivity index (χ4v) is 4.50. The highest BCUT2D eigenvalue weighted by Crippen LogP contribution is 2.23. The van der Waals surface area contributed by atoms with E-state index in [1.54, 1.807) is 29.1 Å². The molecule has 0 saturated carbocycles. The summed E-state index contributed by atoms with van der Waals surface area (Å²) >= 11 is 4.38. The van der Waals surface area contributed by atoms with Crippen molar-refractivity contribution in [2.75, 3.05) is 4.72 Å². The molecule has 132 valence electrons. The fourth-order valence-electron chi connectivity index (χ4n) is 2.47. The molecule has 0 atom stereocenters. The standard InChI is InChI=1S/C16H12BrN5O2S2/c17-12-6-4-11(5-7-12)10-22-9-8-15(18-22)21-26(23,24)14-3-1-2-13-16(14)20-25-19-13/h1-9H,10H2,(H,18,21). The number of aromatic nitrogens is 4. The van der Waals surface area contributed by atoms with Gasteiger partial charge in [-0.15, -0.1) is 0 Å². The van der Waals surface area contributed by atoms with E-state index in [0.29, 0.717) is 17.6 Å². The maximum absolute atomic E-state index is 12.7. The molecular weight excluding hydrogens is 438 g/mol. The largest absolute Gasteiger partial charge is 0.266 e. The van der Waals surface area contributed by atoms with E-state index in [1.807, 2.05) is 24.3 Å². The molecule has 4 aromatic rings. The first-order valence-corrected chi connectivity index (χ1v) is 10.5. The van der Waals surface area contributed by atoms with E-state index >= 15 is 0 Å². The first kappa shape index (κ1) is 17.1. The van der Waals surface area contributed by atoms with Crippen molar-refractivity contribution in [2.45, 2.75) is 11.4 Å². The third-order valence-electron chi connectivity index (χ3n) is 3.68. The second kappa shape index (κ2) is 6.78. The summed E-state index contributed by atoms with van der Waals surface area (Å²) in [5.41, 5.74) is 1.97. The molecule has 2 aromatic heterocycles. The number of nitrogens with one attached hydrogen (secondary N) is 1. The van der Waals surface area contributed by atoms with Gasteiger partial charge in [0.25, 0.3) is 10.0 Å². The molecule has 1 N–H and O–H groups in total. The Morgan fingerprint density at radius 2 is 1.88 bits per heavy atom. The Morgan fingerprint density at radius 1 is 1.08 bits per heavy atom. The zero-order chi connectivity index (χ0) is 18.1. The van der Waals surface area contributed by atoms with Crippen LogP contribution in [-0.4, -0.2) is 26.9 Å². The zero-order valence-corrected chi connectivity index (χ0v) is 16.4. The molecule has 7 nitrogen and oxygen atoms in total. The monoisotopic (exact) mass is 449 g/mol. The number of nitrogens with zero attached hydrogens (tertiary/aromatic N) is 4. The van der Waals surface area contributed by atoms with Crippen LogP contribution in [0, 0.1) is 0 Å². The maximum atomic E-state index is 12.7. The smallest absolute Gasteiger partial charge is 0.265 e. The highest BCUT2D eigenvalue weighted by Gasteiger charge is 2.20. The van der Waals surface area contributed by atoms with Crippen molar-refractivity contribution in [1.82, 2.24) is 18.5 Å². The second-order valence-electron chi connectivity index (χ2n) is 5.52. The Hall–Kier alpha value is -2.30. The molecule has 2 aromatic carbocycles. The molecule has 2 heterocycles. The third-order valence-corrected chi connectivity index (χ3v) is 6.13. The van der Waals surface area contributed by atoms with Crippen molar-refractivity contribution in [3.8, 4) is 0 Å². The fraction of sp³-hybridized carbons (Fsp3) is 0.0625. The minimum absolute atomic E-state index is 0.0891. The summed E-state index contributed by atoms with van der Waals surface area (Å²) in [5, 5.41) is 4.29. The summed E-state index contributed by atoms with van der Waals surface area (Å²) in [6.07, 6.45) is 1.73. The van der Waals surface area contributed by atoms with Crippen LogP contribution in [-0.2, 0) is 16.6 Å². The van der Waals surface area contributed by atoms with Crippen LogP contribution in [0.15, 0.2) is 64.1 Å². The molecule has 0 aliphatic carbocycles. The zero-order valence-electron chi connectivity index (χ0n) is 13.2. The highest BCUT2D eigenvalue weighted by molar-refractivity contribution is 9.10. The van der Waals surface area contributed by atoms with Crippen molar-refractivity contribution in [2.24, 2.45) is 0 Å². The normalized spacial score (nSPS) is 11.7. The van der Waals surface area contributed by atoms with E-state index in [-0.39, 0.29) is 10.7 Å². The Bertz CT molecular complexity index is 1170. The van der Waals surface area contributed by atoms with Gasteiger partial charge in [0.1, 0.15) is 15.9 Å². The molecule has 0 fully saturated rings. The van der Waals surface area contributed by atoms with Crippen LogP contribution in [0.3, 0.4) is 0 Å². The van der Waals surface area contributed by atoms with Gasteiger partial charge in [-0.1, -0.05) is 34.1 Å². The average Bonchev–Trinajstić information content (AvgIpc) is 3.25. The van der Waals surface area contributed by atoms with Crippen molar-refractivity contribution in [3.63, 3.8) is 0 Å². The van der Waals surface area contributed by atoms with Crippen molar-refractivity contribution < 1.29 is 8.42 Å². The van der Waals surface area contributed by atoms with Crippen LogP contribution in [0.1, 0.15) is 5.56 Å². The SMILES string of the molecule is O=S(=O)(Nc1ccn(Cc2ccc(Br)cc2)n1)c1cccc2nsnc12. The molecular formula is C16H12BrN5O2S2. The van der Waals surface area contributed by atoms with Crippen LogP contribution in [0.25, 0.3) is 11.0 Å². The van der Waals surface area contributed by atoms with Gasteiger partial charge in [-0.3, -0.25) is 9.40 Å². The molecule has 0 saturated heterocycles. The van der Waals surface area contributed by atoms with Crippen LogP contribution in [0.5, 0.6) is 0 Å². The number of hydrogen-bond acceptors (Lipinski definition) is 6. The number of anilines is 1. The van der Waals surface area contributed by atoms with Gasteiger partial charge >= 0.3 is 0 Å². The Kier molecular flexibility index (Phi) is 4.47. The lowest BCUT2D eigenvalue weighted by Gasteiger charge is -2.06. The summed E-state index contributed by atoms with van der Waals surface area (Å²) in [4.78, 5) is 0.0891. The molecule has 0 amide bonds. The van der Waals surface area contributed by atoms with Gasteiger partial charge in [-0.25, -0.2) is 8.42 Å². The Labute approximate surface area is 162 Å². The van der Waals surface area contributed by atoms with Gasteiger partial charge in [0, 0.05) is 16.7 Å². The molecule has 0 radical (unpaired) electrons. The van der Waals surface area contributed by atoms with E-state index in [9.17, 15) is 8.42 Å². The Morgan fingerprint density at radius 3 is 2.69 bits per heavy atom. The number of benzene rings is 2. The number of sulfonamides is 1. The minimum Gasteiger partial charge on any atom is -0.266 e. The second-order valence-corrected chi connectivity index (χ2v) is 8.61. The molecule has 26 heavy (non-hydrogen) atoms. The molecule has 0 aliphatic rings. The maximum Gasteiger partial charge on any atom is 0.265 e. The van der Waals surface area contributed by atoms with Crippen LogP contribution >= 0.6 is 27.7 Å². The predicted octanol–water partition coefficient (Wildman–Crippen LogP) is 3.50. The predicted molar refractivity (Wildman–Crippen MR) is 104 cm³/mol. The number of fused-ring (bicyclic) bond motifs is 1. The van der Waals surface area contributed by atoms with Gasteiger partial charge in [-0.2, -0.15) is 13.8 Å². The first-order valence-electron chi connectivity index (χ1n) is 7.53. The molecule has 0 aliphatic heterocycles. The van der Waals surface area contributed by atoms with Crippen molar-refractivity contribution in [1.29, 1.82) is 0 Å². The average molecular weight is 450 g/mol. The number of rotatable bonds is 5. The van der Waals surface area contributed by atoms with Crippen molar-refractivity contribution >= 4 is 54.5 Å². The lowest BCUT2D eigenvalue weighted by atomic mass is 10.2. The Balaban J connectivity index is 1.56. The van der Waals surface area contributed by atoms with Crippen LogP contribution in [0.2, 0.25) is 0 Å². The number of hydrogen-bond donors (Lipinski definition) is 1. The van der Waals surface area contributed by atoms with Crippen molar-refractivity contribution in [3.05, 3.63) is 64.8 Å². The summed E-state index contributed by atoms with van der Waals surface area (Å²) in [6, 6.07) is 14.4. The van der Waals surface area contributed by atoms with E-state index in [1.165, 1.54) is 6.07 Å². The number of halogens is 1. The summed E-state index contributed by atoms with van der Waals surface area (Å²) in [6.45, 7) is 0.542. The van der Waals surface area contributed by atoms with Gasteiger partial charge in [0.15, 0.2) is 5.82 Å². The quantitative estimate of drug-likeness (QED) is 0.503. The van der Waals surface area contributed by atoms with Gasteiger partial charge in [0.05, 0.1) is 18.3 Å². The lowest BCUT2D eigenvalue weighted by molar-refractivity contribution is 0.601. The van der Waals surface area contributed by atoms with E-state index in [4.69, 9.17) is 0 Å². The van der Waals surface area contributed by atoms with E-state index in [0.717, 1.165) is 21.8 Å². The van der Waals surface area contributed by atoms with Gasteiger partial charge in [0.2, 0.25) is 0 Å². The molecule has 0 spiro atoms.